The van der Waals surface area contributed by atoms with E-state index < -0.39 is 0 Å². The van der Waals surface area contributed by atoms with Crippen LogP contribution in [0.1, 0.15) is 15.9 Å². The maximum Gasteiger partial charge on any atom is 0.251 e. The van der Waals surface area contributed by atoms with Gasteiger partial charge in [0.15, 0.2) is 12.0 Å². The van der Waals surface area contributed by atoms with Gasteiger partial charge in [0, 0.05) is 30.2 Å². The molecule has 1 N–H and O–H groups in total. The molecule has 0 aliphatic rings. The van der Waals surface area contributed by atoms with Crippen LogP contribution in [0.4, 0.5) is 0 Å². The Hall–Kier alpha value is -3.34. The maximum atomic E-state index is 12.3. The van der Waals surface area contributed by atoms with Crippen LogP contribution in [-0.2, 0) is 6.54 Å². The van der Waals surface area contributed by atoms with Gasteiger partial charge >= 0.3 is 0 Å². The number of nitrogens with zero attached hydrogens (tertiary/aromatic N) is 2. The van der Waals surface area contributed by atoms with Crippen LogP contribution in [0, 0.1) is 0 Å². The van der Waals surface area contributed by atoms with Crippen LogP contribution in [0.15, 0.2) is 77.8 Å². The summed E-state index contributed by atoms with van der Waals surface area (Å²) in [6.07, 6.45) is 5.35. The topological polar surface area (TPSA) is 60.1 Å². The molecule has 4 rings (SSSR count). The second kappa shape index (κ2) is 6.04. The lowest BCUT2D eigenvalue weighted by Gasteiger charge is -2.07. The quantitative estimate of drug-likeness (QED) is 0.626. The summed E-state index contributed by atoms with van der Waals surface area (Å²) in [6, 6.07) is 17.1. The van der Waals surface area contributed by atoms with Gasteiger partial charge in [0.25, 0.3) is 5.91 Å². The smallest absolute Gasteiger partial charge is 0.251 e. The normalized spacial score (nSPS) is 10.8. The summed E-state index contributed by atoms with van der Waals surface area (Å²) >= 11 is 0. The van der Waals surface area contributed by atoms with Crippen molar-refractivity contribution in [3.05, 3.63) is 84.5 Å². The summed E-state index contributed by atoms with van der Waals surface area (Å²) < 4.78 is 7.27. The number of carbonyl (C=O) groups excluding carboxylic acids is 1. The summed E-state index contributed by atoms with van der Waals surface area (Å²) in [6.45, 7) is 0.439. The van der Waals surface area contributed by atoms with Crippen molar-refractivity contribution in [3.63, 3.8) is 0 Å². The Balaban J connectivity index is 1.43. The molecule has 0 aliphatic carbocycles. The number of nitrogens with one attached hydrogen (secondary N) is 1. The minimum Gasteiger partial charge on any atom is -0.443 e. The average molecular weight is 317 g/mol. The standard InChI is InChI=1S/C19H15N3O2/c23-19(15-4-6-16(7-5-15)22-9-1-2-10-22)20-12-14-3-8-17-18(11-14)24-13-21-17/h1-11,13H,12H2,(H,20,23). The van der Waals surface area contributed by atoms with E-state index in [2.05, 4.69) is 10.3 Å². The Morgan fingerprint density at radius 3 is 2.67 bits per heavy atom. The molecule has 0 unspecified atom stereocenters. The highest BCUT2D eigenvalue weighted by Crippen LogP contribution is 2.14. The van der Waals surface area contributed by atoms with Crippen molar-refractivity contribution in [2.45, 2.75) is 6.54 Å². The average Bonchev–Trinajstić information content (AvgIpc) is 3.31. The van der Waals surface area contributed by atoms with Crippen LogP contribution in [0.25, 0.3) is 16.8 Å². The summed E-state index contributed by atoms with van der Waals surface area (Å²) in [7, 11) is 0. The molecule has 2 aromatic carbocycles. The third-order valence-electron chi connectivity index (χ3n) is 3.88. The van der Waals surface area contributed by atoms with Crippen molar-refractivity contribution in [2.75, 3.05) is 0 Å². The van der Waals surface area contributed by atoms with Gasteiger partial charge in [-0.15, -0.1) is 0 Å². The van der Waals surface area contributed by atoms with Gasteiger partial charge < -0.3 is 14.3 Å². The van der Waals surface area contributed by atoms with E-state index in [1.165, 1.54) is 6.39 Å². The first-order valence-corrected chi connectivity index (χ1v) is 7.63. The molecule has 5 heteroatoms. The third-order valence-corrected chi connectivity index (χ3v) is 3.88. The number of amides is 1. The Morgan fingerprint density at radius 2 is 1.88 bits per heavy atom. The zero-order valence-corrected chi connectivity index (χ0v) is 12.8. The molecule has 0 saturated heterocycles. The Bertz CT molecular complexity index is 969. The number of rotatable bonds is 4. The van der Waals surface area contributed by atoms with Gasteiger partial charge in [0.2, 0.25) is 0 Å². The summed E-state index contributed by atoms with van der Waals surface area (Å²) in [5, 5.41) is 2.92. The van der Waals surface area contributed by atoms with Crippen molar-refractivity contribution in [3.8, 4) is 5.69 Å². The van der Waals surface area contributed by atoms with Crippen molar-refractivity contribution in [1.82, 2.24) is 14.9 Å². The van der Waals surface area contributed by atoms with Crippen molar-refractivity contribution < 1.29 is 9.21 Å². The molecular formula is C19H15N3O2. The fourth-order valence-corrected chi connectivity index (χ4v) is 2.59. The first-order chi connectivity index (χ1) is 11.8. The minimum atomic E-state index is -0.105. The molecule has 0 atom stereocenters. The fraction of sp³-hybridized carbons (Fsp3) is 0.0526. The van der Waals surface area contributed by atoms with Gasteiger partial charge in [-0.25, -0.2) is 4.98 Å². The highest BCUT2D eigenvalue weighted by Gasteiger charge is 2.07. The van der Waals surface area contributed by atoms with E-state index in [1.54, 1.807) is 0 Å². The fourth-order valence-electron chi connectivity index (χ4n) is 2.59. The van der Waals surface area contributed by atoms with E-state index in [0.717, 1.165) is 22.4 Å². The molecule has 0 radical (unpaired) electrons. The summed E-state index contributed by atoms with van der Waals surface area (Å²) in [5.41, 5.74) is 4.15. The summed E-state index contributed by atoms with van der Waals surface area (Å²) in [5.74, 6) is -0.105. The van der Waals surface area contributed by atoms with Gasteiger partial charge in [-0.05, 0) is 54.1 Å². The zero-order valence-electron chi connectivity index (χ0n) is 12.8. The number of benzene rings is 2. The molecule has 5 nitrogen and oxygen atoms in total. The maximum absolute atomic E-state index is 12.3. The van der Waals surface area contributed by atoms with Gasteiger partial charge in [-0.1, -0.05) is 6.07 Å². The largest absolute Gasteiger partial charge is 0.443 e. The Morgan fingerprint density at radius 1 is 1.08 bits per heavy atom. The van der Waals surface area contributed by atoms with Crippen LogP contribution >= 0.6 is 0 Å². The lowest BCUT2D eigenvalue weighted by Crippen LogP contribution is -2.22. The van der Waals surface area contributed by atoms with Crippen LogP contribution in [0.3, 0.4) is 0 Å². The number of fused-ring (bicyclic) bond motifs is 1. The van der Waals surface area contributed by atoms with Gasteiger partial charge in [0.05, 0.1) is 0 Å². The van der Waals surface area contributed by atoms with E-state index in [9.17, 15) is 4.79 Å². The first kappa shape index (κ1) is 14.3. The van der Waals surface area contributed by atoms with Crippen LogP contribution in [-0.4, -0.2) is 15.5 Å². The molecule has 0 fully saturated rings. The van der Waals surface area contributed by atoms with Crippen LogP contribution < -0.4 is 5.32 Å². The molecule has 24 heavy (non-hydrogen) atoms. The van der Waals surface area contributed by atoms with Crippen LogP contribution in [0.5, 0.6) is 0 Å². The SMILES string of the molecule is O=C(NCc1ccc2ncoc2c1)c1ccc(-n2cccc2)cc1. The van der Waals surface area contributed by atoms with Crippen LogP contribution in [0.2, 0.25) is 0 Å². The molecule has 0 spiro atoms. The molecule has 2 aromatic heterocycles. The molecule has 4 aromatic rings. The van der Waals surface area contributed by atoms with Crippen molar-refractivity contribution in [2.24, 2.45) is 0 Å². The predicted molar refractivity (Wildman–Crippen MR) is 90.9 cm³/mol. The first-order valence-electron chi connectivity index (χ1n) is 7.63. The third kappa shape index (κ3) is 2.79. The zero-order chi connectivity index (χ0) is 16.4. The highest BCUT2D eigenvalue weighted by molar-refractivity contribution is 5.94. The molecule has 1 amide bonds. The van der Waals surface area contributed by atoms with E-state index >= 15 is 0 Å². The van der Waals surface area contributed by atoms with E-state index in [0.29, 0.717) is 12.1 Å². The number of hydrogen-bond acceptors (Lipinski definition) is 3. The molecule has 0 saturated carbocycles. The lowest BCUT2D eigenvalue weighted by molar-refractivity contribution is 0.0951. The Labute approximate surface area is 138 Å². The highest BCUT2D eigenvalue weighted by atomic mass is 16.3. The molecule has 118 valence electrons. The summed E-state index contributed by atoms with van der Waals surface area (Å²) in [4.78, 5) is 16.4. The molecule has 2 heterocycles. The number of oxazole rings is 1. The van der Waals surface area contributed by atoms with E-state index in [-0.39, 0.29) is 5.91 Å². The second-order valence-electron chi connectivity index (χ2n) is 5.47. The van der Waals surface area contributed by atoms with Crippen molar-refractivity contribution >= 4 is 17.0 Å². The second-order valence-corrected chi connectivity index (χ2v) is 5.47. The van der Waals surface area contributed by atoms with Gasteiger partial charge in [-0.2, -0.15) is 0 Å². The number of aromatic nitrogens is 2. The number of hydrogen-bond donors (Lipinski definition) is 1. The Kier molecular flexibility index (Phi) is 3.59. The lowest BCUT2D eigenvalue weighted by atomic mass is 10.1. The molecule has 0 aliphatic heterocycles. The van der Waals surface area contributed by atoms with E-state index in [1.807, 2.05) is 71.6 Å². The minimum absolute atomic E-state index is 0.105. The molecular weight excluding hydrogens is 302 g/mol. The van der Waals surface area contributed by atoms with Crippen molar-refractivity contribution in [1.29, 1.82) is 0 Å². The predicted octanol–water partition coefficient (Wildman–Crippen LogP) is 3.55. The monoisotopic (exact) mass is 317 g/mol. The van der Waals surface area contributed by atoms with Gasteiger partial charge in [0.1, 0.15) is 5.52 Å². The number of carbonyl (C=O) groups is 1. The van der Waals surface area contributed by atoms with Gasteiger partial charge in [-0.3, -0.25) is 4.79 Å². The molecule has 0 bridgehead atoms. The van der Waals surface area contributed by atoms with E-state index in [4.69, 9.17) is 4.42 Å².